The number of amides is 1. The molecule has 0 bridgehead atoms. The molecule has 1 N–H and O–H groups in total. The summed E-state index contributed by atoms with van der Waals surface area (Å²) in [5, 5.41) is 0.300. The molecular formula is C17H18N4O. The Morgan fingerprint density at radius 2 is 2.41 bits per heavy atom. The first-order valence-corrected chi connectivity index (χ1v) is 6.54. The molecule has 112 valence electrons. The summed E-state index contributed by atoms with van der Waals surface area (Å²) in [4.78, 5) is 19.4. The van der Waals surface area contributed by atoms with Crippen molar-refractivity contribution in [1.29, 1.82) is 0 Å². The first-order chi connectivity index (χ1) is 14.5. The van der Waals surface area contributed by atoms with E-state index in [0.717, 1.165) is 0 Å². The summed E-state index contributed by atoms with van der Waals surface area (Å²) in [7, 11) is 1.49. The summed E-state index contributed by atoms with van der Waals surface area (Å²) >= 11 is 0. The van der Waals surface area contributed by atoms with Crippen molar-refractivity contribution in [2.45, 2.75) is 19.7 Å². The van der Waals surface area contributed by atoms with Gasteiger partial charge in [0.25, 0.3) is 5.91 Å². The molecule has 1 aliphatic rings. The summed E-state index contributed by atoms with van der Waals surface area (Å²) in [6, 6.07) is 6.45. The van der Waals surface area contributed by atoms with Crippen molar-refractivity contribution in [3.63, 3.8) is 0 Å². The molecule has 1 aliphatic heterocycles. The monoisotopic (exact) mass is 304 g/mol. The number of aryl methyl sites for hydroxylation is 2. The Balaban J connectivity index is 2.04. The third-order valence-electron chi connectivity index (χ3n) is 3.61. The molecule has 3 aromatic rings. The van der Waals surface area contributed by atoms with Crippen molar-refractivity contribution < 1.29 is 18.5 Å². The van der Waals surface area contributed by atoms with E-state index < -0.39 is 49.8 Å². The number of aromatic nitrogens is 3. The van der Waals surface area contributed by atoms with Gasteiger partial charge in [-0.15, -0.1) is 0 Å². The molecule has 4 rings (SSSR count). The highest BCUT2D eigenvalue weighted by atomic mass is 16.2. The van der Waals surface area contributed by atoms with E-state index in [-0.39, 0.29) is 16.2 Å². The fourth-order valence-electron chi connectivity index (χ4n) is 2.55. The lowest BCUT2D eigenvalue weighted by molar-refractivity contribution is 0.0725. The Morgan fingerprint density at radius 1 is 1.55 bits per heavy atom. The lowest BCUT2D eigenvalue weighted by Crippen LogP contribution is -2.37. The molecule has 0 atom stereocenters. The van der Waals surface area contributed by atoms with Crippen molar-refractivity contribution in [3.05, 3.63) is 53.2 Å². The molecule has 2 aromatic heterocycles. The van der Waals surface area contributed by atoms with Crippen LogP contribution in [0.15, 0.2) is 30.6 Å². The molecule has 0 aliphatic carbocycles. The van der Waals surface area contributed by atoms with E-state index in [1.165, 1.54) is 11.6 Å². The average molecular weight is 304 g/mol. The van der Waals surface area contributed by atoms with E-state index in [9.17, 15) is 4.79 Å². The van der Waals surface area contributed by atoms with Crippen molar-refractivity contribution in [2.75, 3.05) is 6.50 Å². The number of H-pyrrole nitrogens is 1. The molecule has 5 heteroatoms. The Bertz CT molecular complexity index is 1260. The highest BCUT2D eigenvalue weighted by Crippen LogP contribution is 2.30. The quantitative estimate of drug-likeness (QED) is 0.790. The Hall–Kier alpha value is -2.56. The second kappa shape index (κ2) is 4.73. The predicted molar refractivity (Wildman–Crippen MR) is 84.7 cm³/mol. The zero-order valence-electron chi connectivity index (χ0n) is 21.6. The third kappa shape index (κ3) is 1.78. The third-order valence-corrected chi connectivity index (χ3v) is 3.61. The fraction of sp³-hybridized carbons (Fsp3) is 0.294. The highest BCUT2D eigenvalue weighted by Gasteiger charge is 2.30. The van der Waals surface area contributed by atoms with Gasteiger partial charge >= 0.3 is 0 Å². The van der Waals surface area contributed by atoms with Gasteiger partial charge < -0.3 is 14.5 Å². The van der Waals surface area contributed by atoms with Crippen LogP contribution in [0.4, 0.5) is 0 Å². The molecule has 3 heterocycles. The fourth-order valence-corrected chi connectivity index (χ4v) is 2.55. The summed E-state index contributed by atoms with van der Waals surface area (Å²) in [5.41, 5.74) is -1.66. The highest BCUT2D eigenvalue weighted by molar-refractivity contribution is 6.09. The molecule has 0 saturated heterocycles. The van der Waals surface area contributed by atoms with Crippen LogP contribution in [0, 0.1) is 6.85 Å². The minimum Gasteiger partial charge on any atom is -0.348 e. The summed E-state index contributed by atoms with van der Waals surface area (Å²) in [5.74, 6) is -1.16. The number of hydrogen-bond acceptors (Lipinski definition) is 2. The van der Waals surface area contributed by atoms with Gasteiger partial charge in [-0.25, -0.2) is 4.98 Å². The minimum absolute atomic E-state index is 0.0552. The first kappa shape index (κ1) is 6.28. The lowest BCUT2D eigenvalue weighted by atomic mass is 10.0. The van der Waals surface area contributed by atoms with Gasteiger partial charge in [-0.2, -0.15) is 0 Å². The van der Waals surface area contributed by atoms with Crippen LogP contribution >= 0.6 is 0 Å². The molecular weight excluding hydrogens is 276 g/mol. The van der Waals surface area contributed by atoms with E-state index >= 15 is 0 Å². The van der Waals surface area contributed by atoms with E-state index in [4.69, 9.17) is 13.7 Å². The van der Waals surface area contributed by atoms with Crippen molar-refractivity contribution in [1.82, 2.24) is 19.4 Å². The maximum atomic E-state index is 13.6. The number of carbonyl (C=O) groups is 1. The van der Waals surface area contributed by atoms with E-state index in [1.807, 2.05) is 0 Å². The SMILES string of the molecule is [2H]c1nc(C([2H])([2H])N2C(=O)c3c(n(C)c4ccccc34)C([2H])([2H])C2([2H])[2H])c(C([2H])([2H])[2H])[nH]1. The number of imidazole rings is 1. The Morgan fingerprint density at radius 3 is 3.27 bits per heavy atom. The van der Waals surface area contributed by atoms with Gasteiger partial charge in [0.2, 0.25) is 0 Å². The van der Waals surface area contributed by atoms with E-state index in [1.54, 1.807) is 24.3 Å². The van der Waals surface area contributed by atoms with Gasteiger partial charge in [0.15, 0.2) is 0 Å². The number of nitrogens with zero attached hydrogens (tertiary/aromatic N) is 3. The predicted octanol–water partition coefficient (Wildman–Crippen LogP) is 2.41. The zero-order valence-corrected chi connectivity index (χ0v) is 11.6. The van der Waals surface area contributed by atoms with Crippen molar-refractivity contribution in [2.24, 2.45) is 7.05 Å². The molecule has 0 fully saturated rings. The number of nitrogens with one attached hydrogen (secondary N) is 1. The second-order valence-corrected chi connectivity index (χ2v) is 4.86. The molecule has 1 aromatic carbocycles. The van der Waals surface area contributed by atoms with Gasteiger partial charge in [0, 0.05) is 51.8 Å². The van der Waals surface area contributed by atoms with Crippen molar-refractivity contribution in [3.8, 4) is 0 Å². The largest absolute Gasteiger partial charge is 0.348 e. The smallest absolute Gasteiger partial charge is 0.256 e. The number of carbonyl (C=O) groups excluding carboxylic acids is 1. The lowest BCUT2D eigenvalue weighted by Gasteiger charge is -2.27. The van der Waals surface area contributed by atoms with Crippen LogP contribution in [0.25, 0.3) is 10.9 Å². The van der Waals surface area contributed by atoms with E-state index in [0.29, 0.717) is 10.9 Å². The van der Waals surface area contributed by atoms with Gasteiger partial charge in [0.05, 0.1) is 26.8 Å². The van der Waals surface area contributed by atoms with Gasteiger partial charge in [-0.05, 0) is 12.9 Å². The number of aromatic amines is 1. The van der Waals surface area contributed by atoms with Crippen LogP contribution < -0.4 is 0 Å². The van der Waals surface area contributed by atoms with Crippen LogP contribution in [0.3, 0.4) is 0 Å². The number of fused-ring (bicyclic) bond motifs is 3. The average Bonchev–Trinajstić information content (AvgIpc) is 3.20. The Kier molecular flexibility index (Phi) is 1.35. The van der Waals surface area contributed by atoms with Crippen LogP contribution in [-0.4, -0.2) is 31.8 Å². The molecule has 0 unspecified atom stereocenters. The maximum Gasteiger partial charge on any atom is 0.256 e. The van der Waals surface area contributed by atoms with Crippen LogP contribution in [0.2, 0.25) is 0 Å². The standard InChI is InChI=1S/C17H18N4O/c1-11-13(19-10-18-11)9-21-8-7-15-16(17(21)22)12-5-3-4-6-14(12)20(15)2/h3-6,10H,7-9H2,1-2H3,(H,18,19)/i1D3,7D2,8D2,9D2,10D. The molecule has 22 heavy (non-hydrogen) atoms. The normalized spacial score (nSPS) is 27.1. The van der Waals surface area contributed by atoms with Gasteiger partial charge in [-0.3, -0.25) is 4.79 Å². The molecule has 0 radical (unpaired) electrons. The summed E-state index contributed by atoms with van der Waals surface area (Å²) in [6.07, 6.45) is -3.56. The van der Waals surface area contributed by atoms with E-state index in [2.05, 4.69) is 9.97 Å². The minimum atomic E-state index is -3.24. The molecule has 0 saturated carbocycles. The van der Waals surface area contributed by atoms with Crippen LogP contribution in [-0.2, 0) is 19.9 Å². The number of para-hydroxylation sites is 1. The number of benzene rings is 1. The number of hydrogen-bond donors (Lipinski definition) is 1. The van der Waals surface area contributed by atoms with Gasteiger partial charge in [-0.1, -0.05) is 18.2 Å². The second-order valence-electron chi connectivity index (χ2n) is 4.86. The Labute approximate surface area is 142 Å². The maximum absolute atomic E-state index is 13.6. The number of rotatable bonds is 2. The van der Waals surface area contributed by atoms with Gasteiger partial charge in [0.1, 0.15) is 1.37 Å². The topological polar surface area (TPSA) is 53.9 Å². The molecule has 5 nitrogen and oxygen atoms in total. The zero-order chi connectivity index (χ0) is 24.0. The summed E-state index contributed by atoms with van der Waals surface area (Å²) in [6.45, 7) is -9.39. The summed E-state index contributed by atoms with van der Waals surface area (Å²) < 4.78 is 83.0. The van der Waals surface area contributed by atoms with Crippen LogP contribution in [0.1, 0.15) is 41.1 Å². The molecule has 1 amide bonds. The first-order valence-electron chi connectivity index (χ1n) is 11.5. The molecule has 0 spiro atoms. The van der Waals surface area contributed by atoms with Crippen molar-refractivity contribution >= 4 is 16.8 Å². The van der Waals surface area contributed by atoms with Crippen LogP contribution in [0.5, 0.6) is 0 Å².